The molecule has 0 aliphatic heterocycles. The number of ether oxygens (including phenoxy) is 1. The molecule has 0 aliphatic rings. The summed E-state index contributed by atoms with van der Waals surface area (Å²) in [6, 6.07) is 27.1. The maximum absolute atomic E-state index is 12.3. The van der Waals surface area contributed by atoms with Gasteiger partial charge in [0.05, 0.1) is 23.3 Å². The molecular formula is C25H21BrN4O2. The van der Waals surface area contributed by atoms with Crippen molar-refractivity contribution in [3.05, 3.63) is 101 Å². The van der Waals surface area contributed by atoms with Gasteiger partial charge in [0.25, 0.3) is 5.91 Å². The topological polar surface area (TPSA) is 68.5 Å². The molecule has 0 unspecified atom stereocenters. The molecule has 0 radical (unpaired) electrons. The quantitative estimate of drug-likeness (QED) is 0.286. The average Bonchev–Trinajstić information content (AvgIpc) is 3.32. The predicted molar refractivity (Wildman–Crippen MR) is 129 cm³/mol. The van der Waals surface area contributed by atoms with Crippen molar-refractivity contribution in [1.82, 2.24) is 15.2 Å². The molecule has 4 rings (SSSR count). The summed E-state index contributed by atoms with van der Waals surface area (Å²) in [5, 5.41) is 8.62. The predicted octanol–water partition coefficient (Wildman–Crippen LogP) is 5.22. The van der Waals surface area contributed by atoms with E-state index in [1.807, 2.05) is 96.5 Å². The molecule has 1 aromatic heterocycles. The fourth-order valence-corrected chi connectivity index (χ4v) is 3.54. The number of hydrogen-bond donors (Lipinski definition) is 1. The standard InChI is InChI=1S/C25H21BrN4O2/c1-18(19-8-4-2-5-9-19)28-29-25(31)17-32-24-13-12-20(26)16-22(24)23-14-15-27-30(23)21-10-6-3-7-11-21/h2-16H,17H2,1H3,(H,29,31)/b28-18+. The fourth-order valence-electron chi connectivity index (χ4n) is 3.18. The average molecular weight is 489 g/mol. The van der Waals surface area contributed by atoms with Crippen LogP contribution in [0, 0.1) is 0 Å². The minimum atomic E-state index is -0.342. The number of aromatic nitrogens is 2. The van der Waals surface area contributed by atoms with E-state index >= 15 is 0 Å². The van der Waals surface area contributed by atoms with Crippen LogP contribution in [-0.2, 0) is 4.79 Å². The number of carbonyl (C=O) groups excluding carboxylic acids is 1. The zero-order valence-corrected chi connectivity index (χ0v) is 19.0. The summed E-state index contributed by atoms with van der Waals surface area (Å²) < 4.78 is 8.60. The zero-order valence-electron chi connectivity index (χ0n) is 17.4. The van der Waals surface area contributed by atoms with Crippen LogP contribution in [-0.4, -0.2) is 28.0 Å². The highest BCUT2D eigenvalue weighted by Gasteiger charge is 2.14. The molecule has 0 atom stereocenters. The SMILES string of the molecule is C/C(=N\NC(=O)COc1ccc(Br)cc1-c1ccnn1-c1ccccc1)c1ccccc1. The number of halogens is 1. The lowest BCUT2D eigenvalue weighted by Gasteiger charge is -2.13. The van der Waals surface area contributed by atoms with Crippen LogP contribution in [0.25, 0.3) is 16.9 Å². The number of carbonyl (C=O) groups is 1. The van der Waals surface area contributed by atoms with Crippen molar-refractivity contribution in [3.63, 3.8) is 0 Å². The Bertz CT molecular complexity index is 1240. The first-order valence-electron chi connectivity index (χ1n) is 10.0. The van der Waals surface area contributed by atoms with Gasteiger partial charge in [0.2, 0.25) is 0 Å². The normalized spacial score (nSPS) is 11.2. The van der Waals surface area contributed by atoms with Gasteiger partial charge in [-0.15, -0.1) is 0 Å². The van der Waals surface area contributed by atoms with E-state index in [0.717, 1.165) is 32.7 Å². The van der Waals surface area contributed by atoms with Crippen molar-refractivity contribution >= 4 is 27.5 Å². The molecule has 0 saturated heterocycles. The van der Waals surface area contributed by atoms with Gasteiger partial charge in [-0.05, 0) is 48.9 Å². The highest BCUT2D eigenvalue weighted by atomic mass is 79.9. The van der Waals surface area contributed by atoms with Gasteiger partial charge in [-0.2, -0.15) is 10.2 Å². The Balaban J connectivity index is 1.51. The zero-order chi connectivity index (χ0) is 22.3. The fraction of sp³-hybridized carbons (Fsp3) is 0.0800. The van der Waals surface area contributed by atoms with Crippen LogP contribution in [0.3, 0.4) is 0 Å². The van der Waals surface area contributed by atoms with Gasteiger partial charge < -0.3 is 4.74 Å². The van der Waals surface area contributed by atoms with E-state index in [9.17, 15) is 4.79 Å². The second kappa shape index (κ2) is 10.1. The molecule has 32 heavy (non-hydrogen) atoms. The number of hydrazone groups is 1. The smallest absolute Gasteiger partial charge is 0.277 e. The number of hydrogen-bond acceptors (Lipinski definition) is 4. The first-order chi connectivity index (χ1) is 15.6. The van der Waals surface area contributed by atoms with Crippen LogP contribution in [0.5, 0.6) is 5.75 Å². The minimum absolute atomic E-state index is 0.167. The minimum Gasteiger partial charge on any atom is -0.483 e. The first-order valence-corrected chi connectivity index (χ1v) is 10.8. The molecule has 0 saturated carbocycles. The number of nitrogens with one attached hydrogen (secondary N) is 1. The molecule has 0 spiro atoms. The van der Waals surface area contributed by atoms with E-state index in [-0.39, 0.29) is 12.5 Å². The lowest BCUT2D eigenvalue weighted by atomic mass is 10.1. The molecule has 0 bridgehead atoms. The van der Waals surface area contributed by atoms with E-state index in [2.05, 4.69) is 31.6 Å². The first kappa shape index (κ1) is 21.5. The lowest BCUT2D eigenvalue weighted by Crippen LogP contribution is -2.25. The number of nitrogens with zero attached hydrogens (tertiary/aromatic N) is 3. The van der Waals surface area contributed by atoms with Gasteiger partial charge in [-0.3, -0.25) is 4.79 Å². The van der Waals surface area contributed by atoms with Crippen LogP contribution in [0.2, 0.25) is 0 Å². The van der Waals surface area contributed by atoms with Crippen molar-refractivity contribution in [1.29, 1.82) is 0 Å². The van der Waals surface area contributed by atoms with Crippen molar-refractivity contribution < 1.29 is 9.53 Å². The van der Waals surface area contributed by atoms with Gasteiger partial charge in [-0.1, -0.05) is 64.5 Å². The third kappa shape index (κ3) is 5.12. The van der Waals surface area contributed by atoms with Crippen molar-refractivity contribution in [2.24, 2.45) is 5.10 Å². The Kier molecular flexibility index (Phi) is 6.77. The van der Waals surface area contributed by atoms with Crippen LogP contribution in [0.1, 0.15) is 12.5 Å². The number of para-hydroxylation sites is 1. The Morgan fingerprint density at radius 3 is 2.50 bits per heavy atom. The van der Waals surface area contributed by atoms with E-state index in [4.69, 9.17) is 4.74 Å². The van der Waals surface area contributed by atoms with E-state index in [1.54, 1.807) is 6.20 Å². The second-order valence-electron chi connectivity index (χ2n) is 6.99. The van der Waals surface area contributed by atoms with Gasteiger partial charge in [0.15, 0.2) is 6.61 Å². The summed E-state index contributed by atoms with van der Waals surface area (Å²) in [7, 11) is 0. The molecular weight excluding hydrogens is 468 g/mol. The molecule has 160 valence electrons. The maximum atomic E-state index is 12.3. The third-order valence-electron chi connectivity index (χ3n) is 4.76. The molecule has 3 aromatic carbocycles. The molecule has 0 aliphatic carbocycles. The summed E-state index contributed by atoms with van der Waals surface area (Å²) in [5.41, 5.74) is 6.81. The van der Waals surface area contributed by atoms with Crippen LogP contribution >= 0.6 is 15.9 Å². The number of rotatable bonds is 7. The molecule has 1 amide bonds. The second-order valence-corrected chi connectivity index (χ2v) is 7.91. The molecule has 6 nitrogen and oxygen atoms in total. The molecule has 0 fully saturated rings. The highest BCUT2D eigenvalue weighted by molar-refractivity contribution is 9.10. The van der Waals surface area contributed by atoms with Gasteiger partial charge in [0, 0.05) is 10.0 Å². The summed E-state index contributed by atoms with van der Waals surface area (Å²) in [6.45, 7) is 1.67. The molecule has 1 N–H and O–H groups in total. The van der Waals surface area contributed by atoms with Crippen molar-refractivity contribution in [2.45, 2.75) is 6.92 Å². The van der Waals surface area contributed by atoms with Gasteiger partial charge >= 0.3 is 0 Å². The summed E-state index contributed by atoms with van der Waals surface area (Å²) in [4.78, 5) is 12.3. The Morgan fingerprint density at radius 2 is 1.75 bits per heavy atom. The van der Waals surface area contributed by atoms with Crippen molar-refractivity contribution in [2.75, 3.05) is 6.61 Å². The largest absolute Gasteiger partial charge is 0.483 e. The van der Waals surface area contributed by atoms with Crippen LogP contribution in [0.15, 0.2) is 101 Å². The Hall–Kier alpha value is -3.71. The van der Waals surface area contributed by atoms with E-state index in [0.29, 0.717) is 5.75 Å². The van der Waals surface area contributed by atoms with Crippen LogP contribution in [0.4, 0.5) is 0 Å². The summed E-state index contributed by atoms with van der Waals surface area (Å²) in [5.74, 6) is 0.232. The van der Waals surface area contributed by atoms with E-state index < -0.39 is 0 Å². The van der Waals surface area contributed by atoms with Crippen LogP contribution < -0.4 is 10.2 Å². The number of amides is 1. The Labute approximate surface area is 194 Å². The summed E-state index contributed by atoms with van der Waals surface area (Å²) >= 11 is 3.52. The molecule has 4 aromatic rings. The number of benzene rings is 3. The van der Waals surface area contributed by atoms with E-state index in [1.165, 1.54) is 0 Å². The van der Waals surface area contributed by atoms with Crippen molar-refractivity contribution in [3.8, 4) is 22.7 Å². The molecule has 1 heterocycles. The lowest BCUT2D eigenvalue weighted by molar-refractivity contribution is -0.123. The third-order valence-corrected chi connectivity index (χ3v) is 5.25. The Morgan fingerprint density at radius 1 is 1.03 bits per heavy atom. The molecule has 7 heteroatoms. The maximum Gasteiger partial charge on any atom is 0.277 e. The van der Waals surface area contributed by atoms with Gasteiger partial charge in [-0.25, -0.2) is 10.1 Å². The highest BCUT2D eigenvalue weighted by Crippen LogP contribution is 2.33. The van der Waals surface area contributed by atoms with Gasteiger partial charge in [0.1, 0.15) is 5.75 Å². The summed E-state index contributed by atoms with van der Waals surface area (Å²) in [6.07, 6.45) is 1.74. The monoisotopic (exact) mass is 488 g/mol.